The Labute approximate surface area is 202 Å². The van der Waals surface area contributed by atoms with Gasteiger partial charge in [-0.1, -0.05) is 60.7 Å². The SMILES string of the molecule is N#Cc1ccccc1-c1ccc(-c2cc(-c3ccccc3C#N)c(=O)n(-c3ccccc3)c2)nc1. The molecule has 35 heavy (non-hydrogen) atoms. The van der Waals surface area contributed by atoms with E-state index >= 15 is 0 Å². The van der Waals surface area contributed by atoms with Gasteiger partial charge in [-0.3, -0.25) is 14.3 Å². The van der Waals surface area contributed by atoms with E-state index in [9.17, 15) is 15.3 Å². The lowest BCUT2D eigenvalue weighted by Gasteiger charge is -2.13. The van der Waals surface area contributed by atoms with Gasteiger partial charge in [0.2, 0.25) is 0 Å². The number of aromatic nitrogens is 2. The Hall–Kier alpha value is -5.26. The van der Waals surface area contributed by atoms with Crippen LogP contribution in [0, 0.1) is 22.7 Å². The molecule has 0 atom stereocenters. The Morgan fingerprint density at radius 3 is 1.94 bits per heavy atom. The summed E-state index contributed by atoms with van der Waals surface area (Å²) >= 11 is 0. The molecule has 0 bridgehead atoms. The number of nitriles is 2. The highest BCUT2D eigenvalue weighted by Crippen LogP contribution is 2.28. The summed E-state index contributed by atoms with van der Waals surface area (Å²) in [7, 11) is 0. The maximum absolute atomic E-state index is 13.5. The molecule has 0 N–H and O–H groups in total. The van der Waals surface area contributed by atoms with Crippen molar-refractivity contribution >= 4 is 0 Å². The Kier molecular flexibility index (Phi) is 5.74. The summed E-state index contributed by atoms with van der Waals surface area (Å²) < 4.78 is 1.58. The van der Waals surface area contributed by atoms with Crippen LogP contribution in [0.25, 0.3) is 39.2 Å². The predicted molar refractivity (Wildman–Crippen MR) is 136 cm³/mol. The summed E-state index contributed by atoms with van der Waals surface area (Å²) in [5.41, 5.74) is 5.55. The molecule has 5 nitrogen and oxygen atoms in total. The van der Waals surface area contributed by atoms with Crippen molar-refractivity contribution in [3.05, 3.63) is 131 Å². The van der Waals surface area contributed by atoms with Crippen LogP contribution in [-0.2, 0) is 0 Å². The van der Waals surface area contributed by atoms with Crippen molar-refractivity contribution in [3.8, 4) is 51.3 Å². The Morgan fingerprint density at radius 1 is 0.657 bits per heavy atom. The van der Waals surface area contributed by atoms with E-state index in [0.717, 1.165) is 22.4 Å². The van der Waals surface area contributed by atoms with Crippen LogP contribution in [0.15, 0.2) is 114 Å². The first kappa shape index (κ1) is 21.6. The van der Waals surface area contributed by atoms with Crippen LogP contribution in [-0.4, -0.2) is 9.55 Å². The van der Waals surface area contributed by atoms with Gasteiger partial charge in [-0.15, -0.1) is 0 Å². The number of nitrogens with zero attached hydrogens (tertiary/aromatic N) is 4. The lowest BCUT2D eigenvalue weighted by Crippen LogP contribution is -2.20. The molecule has 0 aliphatic heterocycles. The first-order chi connectivity index (χ1) is 17.2. The molecule has 2 aromatic heterocycles. The standard InChI is InChI=1S/C30H18N4O/c31-17-21-8-4-6-12-26(21)23-14-15-29(33-19-23)24-16-28(27-13-7-5-9-22(27)18-32)30(35)34(20-24)25-10-2-1-3-11-25/h1-16,19-20H. The van der Waals surface area contributed by atoms with E-state index in [1.165, 1.54) is 0 Å². The van der Waals surface area contributed by atoms with Crippen molar-refractivity contribution in [3.63, 3.8) is 0 Å². The molecule has 5 rings (SSSR count). The van der Waals surface area contributed by atoms with Gasteiger partial charge in [0.05, 0.1) is 29.0 Å². The van der Waals surface area contributed by atoms with Gasteiger partial charge in [0.1, 0.15) is 0 Å². The van der Waals surface area contributed by atoms with Crippen LogP contribution >= 0.6 is 0 Å². The van der Waals surface area contributed by atoms with E-state index in [-0.39, 0.29) is 5.56 Å². The van der Waals surface area contributed by atoms with Crippen LogP contribution < -0.4 is 5.56 Å². The highest BCUT2D eigenvalue weighted by atomic mass is 16.1. The molecular weight excluding hydrogens is 432 g/mol. The molecule has 0 amide bonds. The second-order valence-electron chi connectivity index (χ2n) is 7.90. The molecule has 5 heteroatoms. The van der Waals surface area contributed by atoms with Crippen molar-refractivity contribution in [2.45, 2.75) is 0 Å². The second kappa shape index (κ2) is 9.31. The molecule has 0 spiro atoms. The summed E-state index contributed by atoms with van der Waals surface area (Å²) in [5.74, 6) is 0. The molecule has 0 saturated heterocycles. The number of hydrogen-bond donors (Lipinski definition) is 0. The zero-order chi connectivity index (χ0) is 24.2. The molecule has 5 aromatic rings. The number of pyridine rings is 2. The fourth-order valence-corrected chi connectivity index (χ4v) is 4.07. The summed E-state index contributed by atoms with van der Waals surface area (Å²) in [4.78, 5) is 18.2. The lowest BCUT2D eigenvalue weighted by molar-refractivity contribution is 0.993. The summed E-state index contributed by atoms with van der Waals surface area (Å²) in [5, 5.41) is 19.1. The quantitative estimate of drug-likeness (QED) is 0.337. The summed E-state index contributed by atoms with van der Waals surface area (Å²) in [6.45, 7) is 0. The van der Waals surface area contributed by atoms with Crippen LogP contribution in [0.5, 0.6) is 0 Å². The van der Waals surface area contributed by atoms with Gasteiger partial charge in [-0.2, -0.15) is 10.5 Å². The summed E-state index contributed by atoms with van der Waals surface area (Å²) in [6.07, 6.45) is 3.49. The van der Waals surface area contributed by atoms with Crippen molar-refractivity contribution in [1.29, 1.82) is 10.5 Å². The maximum Gasteiger partial charge on any atom is 0.263 e. The van der Waals surface area contributed by atoms with Gasteiger partial charge in [-0.05, 0) is 36.4 Å². The van der Waals surface area contributed by atoms with Crippen LogP contribution in [0.4, 0.5) is 0 Å². The van der Waals surface area contributed by atoms with E-state index < -0.39 is 0 Å². The average Bonchev–Trinajstić information content (AvgIpc) is 2.93. The molecule has 0 radical (unpaired) electrons. The summed E-state index contributed by atoms with van der Waals surface area (Å²) in [6, 6.07) is 33.8. The zero-order valence-electron chi connectivity index (χ0n) is 18.6. The lowest BCUT2D eigenvalue weighted by atomic mass is 9.98. The molecule has 0 fully saturated rings. The minimum Gasteiger partial charge on any atom is -0.283 e. The van der Waals surface area contributed by atoms with Gasteiger partial charge in [-0.25, -0.2) is 0 Å². The normalized spacial score (nSPS) is 10.3. The molecular formula is C30H18N4O. The Bertz CT molecular complexity index is 1670. The Balaban J connectivity index is 1.69. The number of para-hydroxylation sites is 1. The van der Waals surface area contributed by atoms with Gasteiger partial charge < -0.3 is 0 Å². The smallest absolute Gasteiger partial charge is 0.263 e. The molecule has 0 aliphatic carbocycles. The largest absolute Gasteiger partial charge is 0.283 e. The Morgan fingerprint density at radius 2 is 1.29 bits per heavy atom. The average molecular weight is 451 g/mol. The van der Waals surface area contributed by atoms with Gasteiger partial charge >= 0.3 is 0 Å². The second-order valence-corrected chi connectivity index (χ2v) is 7.90. The van der Waals surface area contributed by atoms with Crippen molar-refractivity contribution in [2.24, 2.45) is 0 Å². The van der Waals surface area contributed by atoms with E-state index in [0.29, 0.717) is 27.9 Å². The van der Waals surface area contributed by atoms with Crippen LogP contribution in [0.1, 0.15) is 11.1 Å². The van der Waals surface area contributed by atoms with E-state index in [1.54, 1.807) is 47.3 Å². The zero-order valence-corrected chi connectivity index (χ0v) is 18.6. The third-order valence-corrected chi connectivity index (χ3v) is 5.81. The minimum absolute atomic E-state index is 0.220. The van der Waals surface area contributed by atoms with E-state index in [4.69, 9.17) is 0 Å². The number of benzene rings is 3. The molecule has 0 saturated carbocycles. The third-order valence-electron chi connectivity index (χ3n) is 5.81. The molecule has 3 aromatic carbocycles. The highest BCUT2D eigenvalue weighted by molar-refractivity contribution is 5.76. The van der Waals surface area contributed by atoms with E-state index in [1.807, 2.05) is 66.7 Å². The molecule has 164 valence electrons. The van der Waals surface area contributed by atoms with Gasteiger partial charge in [0, 0.05) is 45.9 Å². The van der Waals surface area contributed by atoms with E-state index in [2.05, 4.69) is 17.1 Å². The van der Waals surface area contributed by atoms with Crippen molar-refractivity contribution < 1.29 is 0 Å². The molecule has 2 heterocycles. The minimum atomic E-state index is -0.220. The van der Waals surface area contributed by atoms with Crippen molar-refractivity contribution in [1.82, 2.24) is 9.55 Å². The van der Waals surface area contributed by atoms with Gasteiger partial charge in [0.25, 0.3) is 5.56 Å². The monoisotopic (exact) mass is 450 g/mol. The maximum atomic E-state index is 13.5. The third kappa shape index (κ3) is 4.11. The highest BCUT2D eigenvalue weighted by Gasteiger charge is 2.15. The van der Waals surface area contributed by atoms with Crippen LogP contribution in [0.3, 0.4) is 0 Å². The topological polar surface area (TPSA) is 82.5 Å². The molecule has 0 aliphatic rings. The van der Waals surface area contributed by atoms with Crippen LogP contribution in [0.2, 0.25) is 0 Å². The van der Waals surface area contributed by atoms with Crippen molar-refractivity contribution in [2.75, 3.05) is 0 Å². The predicted octanol–water partition coefficient (Wildman–Crippen LogP) is 5.98. The number of rotatable bonds is 4. The van der Waals surface area contributed by atoms with Gasteiger partial charge in [0.15, 0.2) is 0 Å². The molecule has 0 unspecified atom stereocenters. The fourth-order valence-electron chi connectivity index (χ4n) is 4.07. The number of hydrogen-bond acceptors (Lipinski definition) is 4. The first-order valence-corrected chi connectivity index (χ1v) is 11.0. The fraction of sp³-hybridized carbons (Fsp3) is 0. The first-order valence-electron chi connectivity index (χ1n) is 11.0.